The van der Waals surface area contributed by atoms with Crippen molar-refractivity contribution in [2.45, 2.75) is 19.6 Å². The summed E-state index contributed by atoms with van der Waals surface area (Å²) >= 11 is 0. The molecule has 0 spiro atoms. The van der Waals surface area contributed by atoms with Gasteiger partial charge in [0, 0.05) is 12.1 Å². The van der Waals surface area contributed by atoms with E-state index in [0.717, 1.165) is 6.07 Å². The second kappa shape index (κ2) is 4.77. The molecule has 15 heavy (non-hydrogen) atoms. The first-order valence-corrected chi connectivity index (χ1v) is 4.15. The minimum Gasteiger partial charge on any atom is -0.392 e. The van der Waals surface area contributed by atoms with Gasteiger partial charge in [0.25, 0.3) is 6.43 Å². The molecule has 0 saturated heterocycles. The normalized spacial score (nSPS) is 10.4. The summed E-state index contributed by atoms with van der Waals surface area (Å²) in [5, 5.41) is 17.6. The number of pyridine rings is 1. The molecule has 6 heteroatoms. The Balaban J connectivity index is 3.37. The Bertz CT molecular complexity index is 401. The molecule has 0 aliphatic heterocycles. The number of aromatic nitrogens is 1. The van der Waals surface area contributed by atoms with Crippen molar-refractivity contribution in [2.24, 2.45) is 5.73 Å². The molecule has 1 aromatic heterocycles. The Labute approximate surface area is 85.0 Å². The molecule has 1 rings (SSSR count). The minimum atomic E-state index is -2.77. The van der Waals surface area contributed by atoms with Gasteiger partial charge in [-0.25, -0.2) is 13.8 Å². The van der Waals surface area contributed by atoms with E-state index in [4.69, 9.17) is 16.1 Å². The number of hydrogen-bond donors (Lipinski definition) is 2. The van der Waals surface area contributed by atoms with Crippen LogP contribution in [0.4, 0.5) is 8.78 Å². The number of aliphatic hydroxyl groups excluding tert-OH is 1. The van der Waals surface area contributed by atoms with Crippen LogP contribution in [0.3, 0.4) is 0 Å². The molecule has 0 bridgehead atoms. The first-order valence-electron chi connectivity index (χ1n) is 4.15. The first-order chi connectivity index (χ1) is 7.13. The Hall–Kier alpha value is -1.58. The van der Waals surface area contributed by atoms with E-state index in [1.807, 2.05) is 0 Å². The highest BCUT2D eigenvalue weighted by molar-refractivity contribution is 5.39. The molecule has 0 aliphatic rings. The number of hydrogen-bond acceptors (Lipinski definition) is 4. The van der Waals surface area contributed by atoms with Gasteiger partial charge in [0.05, 0.1) is 6.61 Å². The highest BCUT2D eigenvalue weighted by atomic mass is 19.3. The molecule has 0 aromatic carbocycles. The molecule has 0 amide bonds. The van der Waals surface area contributed by atoms with Gasteiger partial charge in [-0.3, -0.25) is 0 Å². The summed E-state index contributed by atoms with van der Waals surface area (Å²) in [5.74, 6) is 0. The van der Waals surface area contributed by atoms with Crippen LogP contribution >= 0.6 is 0 Å². The molecule has 1 aromatic rings. The standard InChI is InChI=1S/C9H9F2N3O/c10-9(11)7-1-5(4-15)6(2-12)8(3-13)14-7/h1,9,15H,2,4,12H2. The van der Waals surface area contributed by atoms with Crippen molar-refractivity contribution in [1.82, 2.24) is 4.98 Å². The van der Waals surface area contributed by atoms with Gasteiger partial charge in [-0.2, -0.15) is 5.26 Å². The predicted octanol–water partition coefficient (Wildman–Crippen LogP) is 0.842. The van der Waals surface area contributed by atoms with Gasteiger partial charge < -0.3 is 10.8 Å². The maximum Gasteiger partial charge on any atom is 0.280 e. The molecular formula is C9H9F2N3O. The van der Waals surface area contributed by atoms with Crippen LogP contribution in [0.15, 0.2) is 6.07 Å². The highest BCUT2D eigenvalue weighted by Crippen LogP contribution is 2.21. The van der Waals surface area contributed by atoms with E-state index in [0.29, 0.717) is 5.56 Å². The fourth-order valence-corrected chi connectivity index (χ4v) is 1.22. The van der Waals surface area contributed by atoms with E-state index < -0.39 is 18.7 Å². The lowest BCUT2D eigenvalue weighted by Crippen LogP contribution is -2.09. The minimum absolute atomic E-state index is 0.0185. The van der Waals surface area contributed by atoms with Crippen LogP contribution in [0.25, 0.3) is 0 Å². The van der Waals surface area contributed by atoms with E-state index in [2.05, 4.69) is 4.98 Å². The van der Waals surface area contributed by atoms with Gasteiger partial charge in [-0.05, 0) is 11.6 Å². The molecule has 80 valence electrons. The van der Waals surface area contributed by atoms with Crippen LogP contribution in [0, 0.1) is 11.3 Å². The summed E-state index contributed by atoms with van der Waals surface area (Å²) in [6, 6.07) is 2.74. The molecule has 0 fully saturated rings. The average Bonchev–Trinajstić information content (AvgIpc) is 2.26. The Morgan fingerprint density at radius 1 is 1.60 bits per heavy atom. The fraction of sp³-hybridized carbons (Fsp3) is 0.333. The van der Waals surface area contributed by atoms with Crippen LogP contribution in [0.5, 0.6) is 0 Å². The first kappa shape index (κ1) is 11.5. The van der Waals surface area contributed by atoms with Crippen molar-refractivity contribution in [3.8, 4) is 6.07 Å². The predicted molar refractivity (Wildman–Crippen MR) is 47.7 cm³/mol. The second-order valence-corrected chi connectivity index (χ2v) is 2.81. The molecule has 0 aliphatic carbocycles. The molecule has 0 radical (unpaired) electrons. The largest absolute Gasteiger partial charge is 0.392 e. The lowest BCUT2D eigenvalue weighted by Gasteiger charge is -2.09. The molecule has 3 N–H and O–H groups in total. The summed E-state index contributed by atoms with van der Waals surface area (Å²) in [6.45, 7) is -0.460. The third-order valence-electron chi connectivity index (χ3n) is 1.94. The zero-order valence-corrected chi connectivity index (χ0v) is 7.74. The van der Waals surface area contributed by atoms with E-state index in [1.54, 1.807) is 6.07 Å². The summed E-state index contributed by atoms with van der Waals surface area (Å²) in [6.07, 6.45) is -2.77. The molecule has 0 atom stereocenters. The Morgan fingerprint density at radius 2 is 2.27 bits per heavy atom. The van der Waals surface area contributed by atoms with Gasteiger partial charge in [0.1, 0.15) is 17.5 Å². The van der Waals surface area contributed by atoms with E-state index in [9.17, 15) is 8.78 Å². The van der Waals surface area contributed by atoms with Crippen molar-refractivity contribution in [1.29, 1.82) is 5.26 Å². The number of aliphatic hydroxyl groups is 1. The number of nitrogens with zero attached hydrogens (tertiary/aromatic N) is 2. The lowest BCUT2D eigenvalue weighted by atomic mass is 10.1. The summed E-state index contributed by atoms with van der Waals surface area (Å²) in [4.78, 5) is 3.47. The van der Waals surface area contributed by atoms with Crippen LogP contribution in [-0.2, 0) is 13.2 Å². The maximum absolute atomic E-state index is 12.4. The van der Waals surface area contributed by atoms with Gasteiger partial charge in [-0.1, -0.05) is 0 Å². The van der Waals surface area contributed by atoms with Crippen LogP contribution in [0.1, 0.15) is 28.9 Å². The van der Waals surface area contributed by atoms with Crippen molar-refractivity contribution >= 4 is 0 Å². The topological polar surface area (TPSA) is 82.9 Å². The third kappa shape index (κ3) is 2.26. The van der Waals surface area contributed by atoms with E-state index in [-0.39, 0.29) is 17.8 Å². The molecular weight excluding hydrogens is 204 g/mol. The van der Waals surface area contributed by atoms with Gasteiger partial charge in [0.15, 0.2) is 0 Å². The summed E-state index contributed by atoms with van der Waals surface area (Å²) < 4.78 is 24.7. The van der Waals surface area contributed by atoms with Crippen molar-refractivity contribution < 1.29 is 13.9 Å². The average molecular weight is 213 g/mol. The maximum atomic E-state index is 12.4. The number of nitriles is 1. The van der Waals surface area contributed by atoms with Gasteiger partial charge in [0.2, 0.25) is 0 Å². The van der Waals surface area contributed by atoms with E-state index >= 15 is 0 Å². The molecule has 0 saturated carbocycles. The third-order valence-corrected chi connectivity index (χ3v) is 1.94. The van der Waals surface area contributed by atoms with Gasteiger partial charge >= 0.3 is 0 Å². The SMILES string of the molecule is N#Cc1nc(C(F)F)cc(CO)c1CN. The number of alkyl halides is 2. The highest BCUT2D eigenvalue weighted by Gasteiger charge is 2.16. The van der Waals surface area contributed by atoms with Crippen molar-refractivity contribution in [2.75, 3.05) is 0 Å². The second-order valence-electron chi connectivity index (χ2n) is 2.81. The number of rotatable bonds is 3. The Kier molecular flexibility index (Phi) is 3.66. The lowest BCUT2D eigenvalue weighted by molar-refractivity contribution is 0.145. The number of nitrogens with two attached hydrogens (primary N) is 1. The smallest absolute Gasteiger partial charge is 0.280 e. The van der Waals surface area contributed by atoms with Crippen LogP contribution in [0.2, 0.25) is 0 Å². The zero-order valence-electron chi connectivity index (χ0n) is 7.74. The van der Waals surface area contributed by atoms with Crippen molar-refractivity contribution in [3.63, 3.8) is 0 Å². The summed E-state index contributed by atoms with van der Waals surface area (Å²) in [7, 11) is 0. The Morgan fingerprint density at radius 3 is 2.67 bits per heavy atom. The molecule has 0 unspecified atom stereocenters. The molecule has 4 nitrogen and oxygen atoms in total. The van der Waals surface area contributed by atoms with Crippen LogP contribution in [-0.4, -0.2) is 10.1 Å². The fourth-order valence-electron chi connectivity index (χ4n) is 1.22. The monoisotopic (exact) mass is 213 g/mol. The van der Waals surface area contributed by atoms with Gasteiger partial charge in [-0.15, -0.1) is 0 Å². The van der Waals surface area contributed by atoms with Crippen molar-refractivity contribution in [3.05, 3.63) is 28.6 Å². The zero-order chi connectivity index (χ0) is 11.4. The van der Waals surface area contributed by atoms with Crippen LogP contribution < -0.4 is 5.73 Å². The molecule has 1 heterocycles. The number of halogens is 2. The summed E-state index contributed by atoms with van der Waals surface area (Å²) in [5.41, 5.74) is 5.20. The van der Waals surface area contributed by atoms with E-state index in [1.165, 1.54) is 0 Å². The quantitative estimate of drug-likeness (QED) is 0.779.